The van der Waals surface area contributed by atoms with Gasteiger partial charge in [0.15, 0.2) is 10.8 Å². The van der Waals surface area contributed by atoms with Gasteiger partial charge in [-0.3, -0.25) is 19.9 Å². The number of hydrogen-bond donors (Lipinski definition) is 3. The first-order valence-electron chi connectivity index (χ1n) is 9.62. The van der Waals surface area contributed by atoms with Crippen molar-refractivity contribution in [3.63, 3.8) is 0 Å². The number of amides is 1. The molecule has 8 nitrogen and oxygen atoms in total. The van der Waals surface area contributed by atoms with Crippen LogP contribution < -0.4 is 15.5 Å². The summed E-state index contributed by atoms with van der Waals surface area (Å²) >= 11 is 1.26. The Balaban J connectivity index is 1.66. The fourth-order valence-electron chi connectivity index (χ4n) is 3.16. The molecule has 0 radical (unpaired) electrons. The largest absolute Gasteiger partial charge is 0.497 e. The van der Waals surface area contributed by atoms with Gasteiger partial charge in [0.05, 0.1) is 18.2 Å². The number of aryl methyl sites for hydroxylation is 2. The molecule has 31 heavy (non-hydrogen) atoms. The minimum absolute atomic E-state index is 0.144. The summed E-state index contributed by atoms with van der Waals surface area (Å²) in [6, 6.07) is 15.0. The van der Waals surface area contributed by atoms with Crippen molar-refractivity contribution in [2.24, 2.45) is 0 Å². The lowest BCUT2D eigenvalue weighted by Gasteiger charge is -2.14. The lowest BCUT2D eigenvalue weighted by Crippen LogP contribution is -2.23. The second kappa shape index (κ2) is 8.65. The van der Waals surface area contributed by atoms with Crippen molar-refractivity contribution in [2.45, 2.75) is 19.0 Å². The van der Waals surface area contributed by atoms with Crippen LogP contribution >= 0.6 is 11.8 Å². The number of benzene rings is 2. The van der Waals surface area contributed by atoms with E-state index in [2.05, 4.69) is 20.5 Å². The first-order chi connectivity index (χ1) is 15.0. The van der Waals surface area contributed by atoms with E-state index in [0.29, 0.717) is 16.2 Å². The first kappa shape index (κ1) is 20.7. The summed E-state index contributed by atoms with van der Waals surface area (Å²) in [6.45, 7) is 3.85. The second-order valence-electron chi connectivity index (χ2n) is 7.03. The van der Waals surface area contributed by atoms with Crippen LogP contribution in [0.1, 0.15) is 11.3 Å². The van der Waals surface area contributed by atoms with Gasteiger partial charge in [0.25, 0.3) is 0 Å². The van der Waals surface area contributed by atoms with E-state index in [0.717, 1.165) is 28.4 Å². The van der Waals surface area contributed by atoms with Crippen LogP contribution in [0.5, 0.6) is 5.75 Å². The van der Waals surface area contributed by atoms with Gasteiger partial charge in [0.2, 0.25) is 5.91 Å². The molecule has 0 unspecified atom stereocenters. The topological polar surface area (TPSA) is 109 Å². The highest BCUT2D eigenvalue weighted by molar-refractivity contribution is 7.99. The molecule has 3 N–H and O–H groups in total. The van der Waals surface area contributed by atoms with Crippen molar-refractivity contribution in [1.29, 1.82) is 5.41 Å². The molecule has 0 atom stereocenters. The third-order valence-electron chi connectivity index (χ3n) is 4.78. The average molecular weight is 435 g/mol. The monoisotopic (exact) mass is 434 g/mol. The van der Waals surface area contributed by atoms with Gasteiger partial charge in [0.1, 0.15) is 11.2 Å². The number of carbonyl (C=O) groups is 1. The molecule has 158 valence electrons. The van der Waals surface area contributed by atoms with Gasteiger partial charge < -0.3 is 10.1 Å². The van der Waals surface area contributed by atoms with Crippen LogP contribution in [0.15, 0.2) is 53.7 Å². The number of ether oxygens (including phenoxy) is 1. The maximum Gasteiger partial charge on any atom is 0.234 e. The Labute approximate surface area is 183 Å². The summed E-state index contributed by atoms with van der Waals surface area (Å²) in [5.41, 5.74) is 4.09. The summed E-state index contributed by atoms with van der Waals surface area (Å²) in [5, 5.41) is 19.9. The molecule has 0 fully saturated rings. The average Bonchev–Trinajstić information content (AvgIpc) is 3.15. The number of methoxy groups -OCH3 is 1. The third kappa shape index (κ3) is 4.31. The fourth-order valence-corrected chi connectivity index (χ4v) is 3.97. The van der Waals surface area contributed by atoms with Crippen LogP contribution in [0.25, 0.3) is 16.7 Å². The smallest absolute Gasteiger partial charge is 0.234 e. The maximum atomic E-state index is 12.5. The zero-order valence-electron chi connectivity index (χ0n) is 17.4. The predicted molar refractivity (Wildman–Crippen MR) is 121 cm³/mol. The predicted octanol–water partition coefficient (Wildman–Crippen LogP) is 3.58. The molecule has 0 saturated carbocycles. The zero-order valence-corrected chi connectivity index (χ0v) is 18.2. The van der Waals surface area contributed by atoms with E-state index in [1.165, 1.54) is 11.8 Å². The highest BCUT2D eigenvalue weighted by atomic mass is 32.2. The molecule has 4 aromatic rings. The number of aromatic nitrogens is 4. The van der Waals surface area contributed by atoms with E-state index < -0.39 is 0 Å². The molecule has 0 spiro atoms. The molecule has 0 aliphatic carbocycles. The van der Waals surface area contributed by atoms with Gasteiger partial charge in [0, 0.05) is 17.1 Å². The van der Waals surface area contributed by atoms with Crippen LogP contribution in [0.4, 0.5) is 5.69 Å². The van der Waals surface area contributed by atoms with E-state index in [4.69, 9.17) is 10.1 Å². The minimum atomic E-state index is -0.151. The second-order valence-corrected chi connectivity index (χ2v) is 7.97. The molecule has 1 amide bonds. The fraction of sp³-hybridized carbons (Fsp3) is 0.182. The van der Waals surface area contributed by atoms with Crippen molar-refractivity contribution >= 4 is 34.4 Å². The highest BCUT2D eigenvalue weighted by Crippen LogP contribution is 2.23. The lowest BCUT2D eigenvalue weighted by molar-refractivity contribution is -0.113. The van der Waals surface area contributed by atoms with Gasteiger partial charge in [-0.25, -0.2) is 4.98 Å². The third-order valence-corrected chi connectivity index (χ3v) is 5.72. The standard InChI is InChI=1S/C22H22N6O2S/c1-13-4-6-15(7-5-13)24-18(29)12-31-22-25-21-19(14(2)26-27-21)20(23)28(22)16-8-10-17(30-3)11-9-16/h4-11,23H,12H2,1-3H3,(H,24,29)(H,26,27). The molecule has 2 heterocycles. The first-order valence-corrected chi connectivity index (χ1v) is 10.6. The number of aromatic amines is 1. The number of fused-ring (bicyclic) bond motifs is 1. The molecule has 0 saturated heterocycles. The molecular weight excluding hydrogens is 412 g/mol. The Hall–Kier alpha value is -3.59. The number of H-pyrrole nitrogens is 1. The summed E-state index contributed by atoms with van der Waals surface area (Å²) in [6.07, 6.45) is 0. The maximum absolute atomic E-state index is 12.5. The van der Waals surface area contributed by atoms with Gasteiger partial charge in [-0.1, -0.05) is 29.5 Å². The summed E-state index contributed by atoms with van der Waals surface area (Å²) < 4.78 is 6.96. The molecule has 0 bridgehead atoms. The molecular formula is C22H22N6O2S. The molecule has 4 rings (SSSR count). The Kier molecular flexibility index (Phi) is 5.77. The molecule has 2 aromatic heterocycles. The Morgan fingerprint density at radius 1 is 1.16 bits per heavy atom. The molecule has 2 aromatic carbocycles. The van der Waals surface area contributed by atoms with Gasteiger partial charge in [-0.15, -0.1) is 0 Å². The Morgan fingerprint density at radius 3 is 2.55 bits per heavy atom. The van der Waals surface area contributed by atoms with Gasteiger partial charge in [-0.2, -0.15) is 5.10 Å². The summed E-state index contributed by atoms with van der Waals surface area (Å²) in [4.78, 5) is 17.1. The molecule has 0 aliphatic rings. The number of carbonyl (C=O) groups excluding carboxylic acids is 1. The number of nitrogens with zero attached hydrogens (tertiary/aromatic N) is 3. The van der Waals surface area contributed by atoms with Crippen molar-refractivity contribution < 1.29 is 9.53 Å². The number of hydrogen-bond acceptors (Lipinski definition) is 6. The quantitative estimate of drug-likeness (QED) is 0.317. The zero-order chi connectivity index (χ0) is 22.0. The van der Waals surface area contributed by atoms with Crippen LogP contribution in [0.3, 0.4) is 0 Å². The van der Waals surface area contributed by atoms with Crippen molar-refractivity contribution in [1.82, 2.24) is 19.7 Å². The van der Waals surface area contributed by atoms with Gasteiger partial charge in [-0.05, 0) is 50.2 Å². The summed E-state index contributed by atoms with van der Waals surface area (Å²) in [5.74, 6) is 0.712. The SMILES string of the molecule is COc1ccc(-n2c(SCC(=O)Nc3ccc(C)cc3)nc3n[nH]c(C)c3c2=N)cc1. The van der Waals surface area contributed by atoms with E-state index in [1.807, 2.05) is 62.4 Å². The normalized spacial score (nSPS) is 10.9. The van der Waals surface area contributed by atoms with Crippen LogP contribution in [-0.4, -0.2) is 38.5 Å². The number of rotatable bonds is 6. The van der Waals surface area contributed by atoms with Gasteiger partial charge >= 0.3 is 0 Å². The lowest BCUT2D eigenvalue weighted by atomic mass is 10.2. The molecule has 0 aliphatic heterocycles. The van der Waals surface area contributed by atoms with Crippen LogP contribution in [0.2, 0.25) is 0 Å². The minimum Gasteiger partial charge on any atom is -0.497 e. The molecule has 9 heteroatoms. The van der Waals surface area contributed by atoms with E-state index in [1.54, 1.807) is 11.7 Å². The van der Waals surface area contributed by atoms with Crippen LogP contribution in [-0.2, 0) is 4.79 Å². The van der Waals surface area contributed by atoms with E-state index >= 15 is 0 Å². The van der Waals surface area contributed by atoms with E-state index in [-0.39, 0.29) is 17.1 Å². The number of anilines is 1. The van der Waals surface area contributed by atoms with Crippen molar-refractivity contribution in [3.05, 3.63) is 65.3 Å². The number of thioether (sulfide) groups is 1. The number of nitrogens with one attached hydrogen (secondary N) is 3. The summed E-state index contributed by atoms with van der Waals surface area (Å²) in [7, 11) is 1.61. The van der Waals surface area contributed by atoms with Crippen molar-refractivity contribution in [2.75, 3.05) is 18.2 Å². The Bertz CT molecular complexity index is 1290. The van der Waals surface area contributed by atoms with E-state index in [9.17, 15) is 4.79 Å². The highest BCUT2D eigenvalue weighted by Gasteiger charge is 2.16. The van der Waals surface area contributed by atoms with Crippen LogP contribution in [0, 0.1) is 19.3 Å². The Morgan fingerprint density at radius 2 is 1.87 bits per heavy atom. The van der Waals surface area contributed by atoms with Crippen molar-refractivity contribution in [3.8, 4) is 11.4 Å².